The summed E-state index contributed by atoms with van der Waals surface area (Å²) in [5, 5.41) is 0. The van der Waals surface area contributed by atoms with Crippen LogP contribution in [0.15, 0.2) is 12.7 Å². The Kier molecular flexibility index (Phi) is 5.47. The van der Waals surface area contributed by atoms with Crippen molar-refractivity contribution < 1.29 is 14.3 Å². The van der Waals surface area contributed by atoms with Crippen LogP contribution in [-0.4, -0.2) is 25.8 Å². The maximum absolute atomic E-state index is 10.5. The minimum absolute atomic E-state index is 0.229. The van der Waals surface area contributed by atoms with E-state index < -0.39 is 0 Å². The van der Waals surface area contributed by atoms with Crippen LogP contribution in [0.4, 0.5) is 0 Å². The van der Waals surface area contributed by atoms with E-state index in [2.05, 4.69) is 11.3 Å². The van der Waals surface area contributed by atoms with Crippen molar-refractivity contribution in [2.75, 3.05) is 13.7 Å². The predicted molar refractivity (Wildman–Crippen MR) is 42.2 cm³/mol. The first kappa shape index (κ1) is 10.2. The first-order chi connectivity index (χ1) is 5.26. The lowest BCUT2D eigenvalue weighted by molar-refractivity contribution is -0.145. The minimum atomic E-state index is -0.296. The Morgan fingerprint density at radius 3 is 2.55 bits per heavy atom. The van der Waals surface area contributed by atoms with E-state index in [1.165, 1.54) is 7.11 Å². The lowest BCUT2D eigenvalue weighted by Gasteiger charge is -1.98. The van der Waals surface area contributed by atoms with Crippen LogP contribution in [0.25, 0.3) is 0 Å². The highest BCUT2D eigenvalue weighted by Crippen LogP contribution is 2.07. The van der Waals surface area contributed by atoms with Crippen molar-refractivity contribution in [3.05, 3.63) is 12.7 Å². The van der Waals surface area contributed by atoms with Gasteiger partial charge in [0, 0.05) is 13.5 Å². The van der Waals surface area contributed by atoms with Gasteiger partial charge in [0.05, 0.1) is 6.61 Å². The van der Waals surface area contributed by atoms with Crippen molar-refractivity contribution in [1.82, 2.24) is 0 Å². The van der Waals surface area contributed by atoms with Gasteiger partial charge in [0.15, 0.2) is 6.10 Å². The molecule has 11 heavy (non-hydrogen) atoms. The number of methoxy groups -OCH3 is 1. The molecule has 1 aliphatic heterocycles. The molecule has 0 amide bonds. The fraction of sp³-hybridized carbons (Fsp3) is 0.625. The molecule has 0 spiro atoms. The first-order valence-electron chi connectivity index (χ1n) is 3.52. The zero-order chi connectivity index (χ0) is 8.69. The smallest absolute Gasteiger partial charge is 0.335 e. The van der Waals surface area contributed by atoms with Crippen molar-refractivity contribution in [2.24, 2.45) is 0 Å². The average molecular weight is 158 g/mol. The van der Waals surface area contributed by atoms with E-state index in [1.54, 1.807) is 6.08 Å². The number of carbonyl (C=O) groups is 1. The Hall–Kier alpha value is -0.830. The van der Waals surface area contributed by atoms with Gasteiger partial charge in [-0.2, -0.15) is 0 Å². The van der Waals surface area contributed by atoms with Gasteiger partial charge in [-0.05, 0) is 6.92 Å². The summed E-state index contributed by atoms with van der Waals surface area (Å²) in [4.78, 5) is 10.5. The second-order valence-corrected chi connectivity index (χ2v) is 2.09. The summed E-state index contributed by atoms with van der Waals surface area (Å²) >= 11 is 0. The molecule has 1 fully saturated rings. The molecule has 1 heterocycles. The van der Waals surface area contributed by atoms with Crippen molar-refractivity contribution in [3.8, 4) is 0 Å². The summed E-state index contributed by atoms with van der Waals surface area (Å²) in [7, 11) is 1.51. The molecular weight excluding hydrogens is 144 g/mol. The third-order valence-electron chi connectivity index (χ3n) is 1.17. The van der Waals surface area contributed by atoms with Gasteiger partial charge < -0.3 is 9.47 Å². The first-order valence-corrected chi connectivity index (χ1v) is 3.52. The Bertz CT molecular complexity index is 131. The third-order valence-corrected chi connectivity index (χ3v) is 1.17. The normalized spacial score (nSPS) is 21.6. The SMILES string of the molecule is C=CC.COC1CCOC1=O. The lowest BCUT2D eigenvalue weighted by Crippen LogP contribution is -2.15. The summed E-state index contributed by atoms with van der Waals surface area (Å²) in [5.74, 6) is -0.229. The lowest BCUT2D eigenvalue weighted by atomic mass is 10.3. The molecule has 3 heteroatoms. The molecule has 0 saturated carbocycles. The molecule has 1 unspecified atom stereocenters. The van der Waals surface area contributed by atoms with Gasteiger partial charge in [-0.1, -0.05) is 6.08 Å². The largest absolute Gasteiger partial charge is 0.464 e. The maximum Gasteiger partial charge on any atom is 0.335 e. The fourth-order valence-electron chi connectivity index (χ4n) is 0.691. The molecule has 0 aliphatic carbocycles. The summed E-state index contributed by atoms with van der Waals surface area (Å²) in [6, 6.07) is 0. The molecule has 1 atom stereocenters. The van der Waals surface area contributed by atoms with E-state index in [-0.39, 0.29) is 12.1 Å². The standard InChI is InChI=1S/C5H8O3.C3H6/c1-7-4-2-3-8-5(4)6;1-3-2/h4H,2-3H2,1H3;3H,1H2,2H3. The highest BCUT2D eigenvalue weighted by atomic mass is 16.6. The number of rotatable bonds is 1. The van der Waals surface area contributed by atoms with E-state index in [0.29, 0.717) is 13.0 Å². The van der Waals surface area contributed by atoms with Crippen molar-refractivity contribution in [3.63, 3.8) is 0 Å². The van der Waals surface area contributed by atoms with Crippen LogP contribution in [-0.2, 0) is 14.3 Å². The van der Waals surface area contributed by atoms with Crippen LogP contribution < -0.4 is 0 Å². The molecule has 3 nitrogen and oxygen atoms in total. The number of carbonyl (C=O) groups excluding carboxylic acids is 1. The summed E-state index contributed by atoms with van der Waals surface area (Å²) in [5.41, 5.74) is 0. The monoisotopic (exact) mass is 158 g/mol. The minimum Gasteiger partial charge on any atom is -0.464 e. The van der Waals surface area contributed by atoms with Gasteiger partial charge in [0.2, 0.25) is 0 Å². The second kappa shape index (κ2) is 5.92. The summed E-state index contributed by atoms with van der Waals surface area (Å²) in [6.07, 6.45) is 2.16. The number of hydrogen-bond donors (Lipinski definition) is 0. The van der Waals surface area contributed by atoms with E-state index in [0.717, 1.165) is 0 Å². The predicted octanol–water partition coefficient (Wildman–Crippen LogP) is 1.14. The van der Waals surface area contributed by atoms with Crippen LogP contribution in [0, 0.1) is 0 Å². The highest BCUT2D eigenvalue weighted by Gasteiger charge is 2.25. The second-order valence-electron chi connectivity index (χ2n) is 2.09. The number of cyclic esters (lactones) is 1. The maximum atomic E-state index is 10.5. The molecule has 1 rings (SSSR count). The Labute approximate surface area is 67.0 Å². The van der Waals surface area contributed by atoms with Crippen molar-refractivity contribution in [1.29, 1.82) is 0 Å². The van der Waals surface area contributed by atoms with E-state index in [9.17, 15) is 4.79 Å². The number of ether oxygens (including phenoxy) is 2. The van der Waals surface area contributed by atoms with E-state index in [4.69, 9.17) is 4.74 Å². The van der Waals surface area contributed by atoms with E-state index >= 15 is 0 Å². The van der Waals surface area contributed by atoms with Crippen molar-refractivity contribution in [2.45, 2.75) is 19.4 Å². The van der Waals surface area contributed by atoms with Gasteiger partial charge in [-0.3, -0.25) is 0 Å². The molecule has 0 N–H and O–H groups in total. The zero-order valence-corrected chi connectivity index (χ0v) is 7.00. The number of esters is 1. The Balaban J connectivity index is 0.000000292. The molecular formula is C8H14O3. The van der Waals surface area contributed by atoms with E-state index in [1.807, 2.05) is 6.92 Å². The molecule has 0 aromatic rings. The van der Waals surface area contributed by atoms with Crippen LogP contribution in [0.3, 0.4) is 0 Å². The molecule has 0 bridgehead atoms. The number of hydrogen-bond acceptors (Lipinski definition) is 3. The fourth-order valence-corrected chi connectivity index (χ4v) is 0.691. The zero-order valence-electron chi connectivity index (χ0n) is 7.00. The molecule has 0 aromatic carbocycles. The average Bonchev–Trinajstić information content (AvgIpc) is 2.36. The van der Waals surface area contributed by atoms with Crippen LogP contribution in [0.5, 0.6) is 0 Å². The number of allylic oxidation sites excluding steroid dienone is 1. The van der Waals surface area contributed by atoms with Gasteiger partial charge in [0.25, 0.3) is 0 Å². The summed E-state index contributed by atoms with van der Waals surface area (Å²) < 4.78 is 9.34. The Morgan fingerprint density at radius 1 is 1.82 bits per heavy atom. The summed E-state index contributed by atoms with van der Waals surface area (Å²) in [6.45, 7) is 5.76. The van der Waals surface area contributed by atoms with Gasteiger partial charge in [-0.15, -0.1) is 6.58 Å². The van der Waals surface area contributed by atoms with Gasteiger partial charge in [-0.25, -0.2) is 4.79 Å². The van der Waals surface area contributed by atoms with Crippen molar-refractivity contribution >= 4 is 5.97 Å². The molecule has 1 saturated heterocycles. The van der Waals surface area contributed by atoms with Crippen LogP contribution in [0.1, 0.15) is 13.3 Å². The van der Waals surface area contributed by atoms with Gasteiger partial charge >= 0.3 is 5.97 Å². The topological polar surface area (TPSA) is 35.5 Å². The van der Waals surface area contributed by atoms with Crippen LogP contribution in [0.2, 0.25) is 0 Å². The molecule has 1 aliphatic rings. The van der Waals surface area contributed by atoms with Gasteiger partial charge in [0.1, 0.15) is 0 Å². The quantitative estimate of drug-likeness (QED) is 0.424. The molecule has 0 aromatic heterocycles. The third kappa shape index (κ3) is 3.78. The Morgan fingerprint density at radius 2 is 2.36 bits per heavy atom. The molecule has 0 radical (unpaired) electrons. The highest BCUT2D eigenvalue weighted by molar-refractivity contribution is 5.76. The van der Waals surface area contributed by atoms with Crippen LogP contribution >= 0.6 is 0 Å². The molecule has 64 valence electrons.